The van der Waals surface area contributed by atoms with Gasteiger partial charge in [-0.15, -0.1) is 0 Å². The number of rotatable bonds is 3. The Hall–Kier alpha value is -1.88. The highest BCUT2D eigenvalue weighted by atomic mass is 79.9. The van der Waals surface area contributed by atoms with Crippen molar-refractivity contribution in [2.24, 2.45) is 0 Å². The molecule has 0 amide bonds. The van der Waals surface area contributed by atoms with E-state index in [1.165, 1.54) is 6.07 Å². The molecule has 0 saturated carbocycles. The van der Waals surface area contributed by atoms with Gasteiger partial charge in [0.25, 0.3) is 0 Å². The molecule has 0 saturated heterocycles. The van der Waals surface area contributed by atoms with Crippen LogP contribution in [0.4, 0.5) is 4.39 Å². The number of phenols is 1. The zero-order valence-electron chi connectivity index (χ0n) is 11.5. The van der Waals surface area contributed by atoms with Crippen LogP contribution in [0.2, 0.25) is 0 Å². The molecule has 0 bridgehead atoms. The van der Waals surface area contributed by atoms with Crippen LogP contribution in [0.15, 0.2) is 40.9 Å². The molecule has 0 aliphatic carbocycles. The molecule has 0 radical (unpaired) electrons. The third-order valence-electron chi connectivity index (χ3n) is 3.35. The molecule has 0 aliphatic heterocycles. The summed E-state index contributed by atoms with van der Waals surface area (Å²) in [5.74, 6) is 0.0290. The van der Waals surface area contributed by atoms with Crippen molar-refractivity contribution < 1.29 is 9.50 Å². The highest BCUT2D eigenvalue weighted by molar-refractivity contribution is 9.10. The predicted molar refractivity (Wildman–Crippen MR) is 84.8 cm³/mol. The summed E-state index contributed by atoms with van der Waals surface area (Å²) in [7, 11) is 0. The van der Waals surface area contributed by atoms with Crippen LogP contribution in [0.1, 0.15) is 13.3 Å². The Morgan fingerprint density at radius 1 is 1.24 bits per heavy atom. The van der Waals surface area contributed by atoms with Crippen molar-refractivity contribution in [3.8, 4) is 17.1 Å². The van der Waals surface area contributed by atoms with E-state index in [-0.39, 0.29) is 5.75 Å². The normalized spacial score (nSPS) is 11.2. The number of fused-ring (bicyclic) bond motifs is 1. The van der Waals surface area contributed by atoms with Crippen molar-refractivity contribution in [1.82, 2.24) is 9.55 Å². The van der Waals surface area contributed by atoms with Crippen LogP contribution in [-0.4, -0.2) is 14.7 Å². The van der Waals surface area contributed by atoms with Gasteiger partial charge in [-0.05, 0) is 36.8 Å². The van der Waals surface area contributed by atoms with Crippen molar-refractivity contribution in [3.05, 3.63) is 46.7 Å². The SMILES string of the molecule is CCCn1c(-c2ccc(O)cc2F)nc2cc(Br)ccc21. The summed E-state index contributed by atoms with van der Waals surface area (Å²) in [6, 6.07) is 10.00. The predicted octanol–water partition coefficient (Wildman–Crippen LogP) is 4.72. The lowest BCUT2D eigenvalue weighted by molar-refractivity contribution is 0.469. The Kier molecular flexibility index (Phi) is 3.68. The van der Waals surface area contributed by atoms with Crippen LogP contribution in [-0.2, 0) is 6.54 Å². The number of hydrogen-bond donors (Lipinski definition) is 1. The van der Waals surface area contributed by atoms with Crippen molar-refractivity contribution in [2.45, 2.75) is 19.9 Å². The molecule has 0 unspecified atom stereocenters. The molecule has 5 heteroatoms. The van der Waals surface area contributed by atoms with Crippen LogP contribution < -0.4 is 0 Å². The number of aromatic nitrogens is 2. The van der Waals surface area contributed by atoms with E-state index >= 15 is 0 Å². The minimum atomic E-state index is -0.471. The van der Waals surface area contributed by atoms with E-state index in [1.54, 1.807) is 6.07 Å². The number of hydrogen-bond acceptors (Lipinski definition) is 2. The summed E-state index contributed by atoms with van der Waals surface area (Å²) in [5.41, 5.74) is 2.19. The van der Waals surface area contributed by atoms with Crippen LogP contribution >= 0.6 is 15.9 Å². The van der Waals surface area contributed by atoms with Gasteiger partial charge >= 0.3 is 0 Å². The van der Waals surface area contributed by atoms with E-state index in [9.17, 15) is 9.50 Å². The minimum Gasteiger partial charge on any atom is -0.508 e. The standard InChI is InChI=1S/C16H14BrFN2O/c1-2-7-20-15-6-3-10(17)8-14(15)19-16(20)12-5-4-11(21)9-13(12)18/h3-6,8-9,21H,2,7H2,1H3. The zero-order valence-corrected chi connectivity index (χ0v) is 13.1. The highest BCUT2D eigenvalue weighted by Crippen LogP contribution is 2.30. The lowest BCUT2D eigenvalue weighted by Gasteiger charge is -2.08. The molecule has 21 heavy (non-hydrogen) atoms. The lowest BCUT2D eigenvalue weighted by atomic mass is 10.2. The Labute approximate surface area is 130 Å². The molecule has 2 aromatic carbocycles. The first-order valence-corrected chi connectivity index (χ1v) is 7.54. The third kappa shape index (κ3) is 2.53. The first-order chi connectivity index (χ1) is 10.1. The van der Waals surface area contributed by atoms with E-state index in [0.29, 0.717) is 11.4 Å². The van der Waals surface area contributed by atoms with Gasteiger partial charge in [0.2, 0.25) is 0 Å². The molecule has 1 heterocycles. The maximum atomic E-state index is 14.1. The van der Waals surface area contributed by atoms with E-state index < -0.39 is 5.82 Å². The molecule has 3 nitrogen and oxygen atoms in total. The Balaban J connectivity index is 2.27. The lowest BCUT2D eigenvalue weighted by Crippen LogP contribution is -2.00. The average Bonchev–Trinajstić information content (AvgIpc) is 2.77. The van der Waals surface area contributed by atoms with Crippen LogP contribution in [0.25, 0.3) is 22.4 Å². The maximum absolute atomic E-state index is 14.1. The summed E-state index contributed by atoms with van der Waals surface area (Å²) in [6.45, 7) is 2.83. The first-order valence-electron chi connectivity index (χ1n) is 6.75. The third-order valence-corrected chi connectivity index (χ3v) is 3.84. The summed E-state index contributed by atoms with van der Waals surface area (Å²) < 4.78 is 17.1. The van der Waals surface area contributed by atoms with Crippen molar-refractivity contribution in [2.75, 3.05) is 0 Å². The molecule has 0 aliphatic rings. The molecular formula is C16H14BrFN2O. The van der Waals surface area contributed by atoms with E-state index in [2.05, 4.69) is 27.8 Å². The second-order valence-corrected chi connectivity index (χ2v) is 5.80. The second kappa shape index (κ2) is 5.48. The van der Waals surface area contributed by atoms with Crippen LogP contribution in [0.5, 0.6) is 5.75 Å². The highest BCUT2D eigenvalue weighted by Gasteiger charge is 2.16. The second-order valence-electron chi connectivity index (χ2n) is 4.88. The maximum Gasteiger partial charge on any atom is 0.144 e. The molecule has 1 aromatic heterocycles. The van der Waals surface area contributed by atoms with Gasteiger partial charge in [-0.2, -0.15) is 0 Å². The monoisotopic (exact) mass is 348 g/mol. The van der Waals surface area contributed by atoms with Gasteiger partial charge in [-0.1, -0.05) is 22.9 Å². The minimum absolute atomic E-state index is 0.0860. The molecule has 3 aromatic rings. The summed E-state index contributed by atoms with van der Waals surface area (Å²) in [5, 5.41) is 9.36. The topological polar surface area (TPSA) is 38.0 Å². The average molecular weight is 349 g/mol. The molecule has 0 fully saturated rings. The van der Waals surface area contributed by atoms with Gasteiger partial charge in [0.15, 0.2) is 0 Å². The summed E-state index contributed by atoms with van der Waals surface area (Å²) >= 11 is 3.43. The van der Waals surface area contributed by atoms with Crippen molar-refractivity contribution >= 4 is 27.0 Å². The van der Waals surface area contributed by atoms with E-state index in [4.69, 9.17) is 0 Å². The Morgan fingerprint density at radius 3 is 2.76 bits per heavy atom. The van der Waals surface area contributed by atoms with Crippen LogP contribution in [0.3, 0.4) is 0 Å². The number of aromatic hydroxyl groups is 1. The molecule has 1 N–H and O–H groups in total. The molecular weight excluding hydrogens is 335 g/mol. The summed E-state index contributed by atoms with van der Waals surface area (Å²) in [6.07, 6.45) is 0.925. The van der Waals surface area contributed by atoms with Crippen molar-refractivity contribution in [1.29, 1.82) is 0 Å². The van der Waals surface area contributed by atoms with Gasteiger partial charge < -0.3 is 9.67 Å². The van der Waals surface area contributed by atoms with E-state index in [0.717, 1.165) is 34.5 Å². The van der Waals surface area contributed by atoms with Gasteiger partial charge in [0, 0.05) is 17.1 Å². The quantitative estimate of drug-likeness (QED) is 0.743. The number of phenolic OH excluding ortho intramolecular Hbond substituents is 1. The Bertz CT molecular complexity index is 813. The van der Waals surface area contributed by atoms with Gasteiger partial charge in [0.05, 0.1) is 16.6 Å². The van der Waals surface area contributed by atoms with E-state index in [1.807, 2.05) is 22.8 Å². The smallest absolute Gasteiger partial charge is 0.144 e. The fraction of sp³-hybridized carbons (Fsp3) is 0.188. The Morgan fingerprint density at radius 2 is 2.05 bits per heavy atom. The first kappa shape index (κ1) is 14.1. The number of nitrogens with zero attached hydrogens (tertiary/aromatic N) is 2. The number of imidazole rings is 1. The largest absolute Gasteiger partial charge is 0.508 e. The molecule has 0 spiro atoms. The molecule has 3 rings (SSSR count). The van der Waals surface area contributed by atoms with Crippen molar-refractivity contribution in [3.63, 3.8) is 0 Å². The number of halogens is 2. The van der Waals surface area contributed by atoms with Gasteiger partial charge in [-0.25, -0.2) is 9.37 Å². The van der Waals surface area contributed by atoms with Gasteiger partial charge in [0.1, 0.15) is 17.4 Å². The fourth-order valence-electron chi connectivity index (χ4n) is 2.44. The zero-order chi connectivity index (χ0) is 15.0. The summed E-state index contributed by atoms with van der Waals surface area (Å²) in [4.78, 5) is 4.56. The fourth-order valence-corrected chi connectivity index (χ4v) is 2.79. The molecule has 0 atom stereocenters. The molecule has 108 valence electrons. The number of benzene rings is 2. The van der Waals surface area contributed by atoms with Gasteiger partial charge in [-0.3, -0.25) is 0 Å². The number of aryl methyl sites for hydroxylation is 1. The van der Waals surface area contributed by atoms with Crippen LogP contribution in [0, 0.1) is 5.82 Å².